The Hall–Kier alpha value is -0.970. The number of ether oxygens (including phenoxy) is 2. The van der Waals surface area contributed by atoms with Crippen molar-refractivity contribution < 1.29 is 42.5 Å². The van der Waals surface area contributed by atoms with Crippen molar-refractivity contribution >= 4 is 24.0 Å². The first kappa shape index (κ1) is 25.7. The molecule has 7 nitrogen and oxygen atoms in total. The molecule has 6 rings (SSSR count). The fourth-order valence-corrected chi connectivity index (χ4v) is 9.05. The van der Waals surface area contributed by atoms with Gasteiger partial charge in [0.25, 0.3) is 0 Å². The lowest BCUT2D eigenvalue weighted by Gasteiger charge is -2.61. The van der Waals surface area contributed by atoms with Crippen LogP contribution in [0.15, 0.2) is 0 Å². The molecule has 0 aliphatic heterocycles. The largest absolute Gasteiger partial charge is 0.691 e. The number of carbonyl (C=O) groups is 2. The van der Waals surface area contributed by atoms with Crippen molar-refractivity contribution in [1.82, 2.24) is 0 Å². The molecular formula is C25H35F2O7S-. The van der Waals surface area contributed by atoms with Crippen molar-refractivity contribution in [3.8, 4) is 0 Å². The van der Waals surface area contributed by atoms with Gasteiger partial charge < -0.3 is 14.7 Å². The Morgan fingerprint density at radius 3 is 2.17 bits per heavy atom. The van der Waals surface area contributed by atoms with E-state index in [4.69, 9.17) is 9.47 Å². The first-order chi connectivity index (χ1) is 16.7. The number of esters is 2. The average molecular weight is 518 g/mol. The number of hydrogen-bond acceptors (Lipinski definition) is 8. The molecule has 6 aliphatic rings. The second-order valence-electron chi connectivity index (χ2n) is 12.2. The summed E-state index contributed by atoms with van der Waals surface area (Å²) in [4.78, 5) is 25.0. The number of rotatable bonds is 9. The van der Waals surface area contributed by atoms with Gasteiger partial charge in [0.15, 0.2) is 0 Å². The summed E-state index contributed by atoms with van der Waals surface area (Å²) in [6.07, 6.45) is 13.5. The maximum atomic E-state index is 13.8. The standard InChI is InChI=1S/C25H36F2O7S/c26-25(27,35-34-33-30)22(29)32-15-24-11-16-7-17(12-24)10-23(9-16,13-24)14-31-21(28)20-6-5-18-3-1-2-4-19(18)8-20/h16-20,30H,1-15H2/p-1. The maximum absolute atomic E-state index is 13.8. The highest BCUT2D eigenvalue weighted by molar-refractivity contribution is 7.96. The van der Waals surface area contributed by atoms with Crippen LogP contribution in [0.25, 0.3) is 0 Å². The van der Waals surface area contributed by atoms with Crippen LogP contribution in [0.5, 0.6) is 0 Å². The first-order valence-corrected chi connectivity index (χ1v) is 13.8. The van der Waals surface area contributed by atoms with Gasteiger partial charge in [-0.3, -0.25) is 9.83 Å². The Kier molecular flexibility index (Phi) is 7.38. The molecule has 5 unspecified atom stereocenters. The summed E-state index contributed by atoms with van der Waals surface area (Å²) in [7, 11) is 0. The molecule has 10 heteroatoms. The average Bonchev–Trinajstić information content (AvgIpc) is 2.83. The first-order valence-electron chi connectivity index (χ1n) is 13.1. The highest BCUT2D eigenvalue weighted by Crippen LogP contribution is 2.65. The lowest BCUT2D eigenvalue weighted by Crippen LogP contribution is -2.55. The fraction of sp³-hybridized carbons (Fsp3) is 0.920. The van der Waals surface area contributed by atoms with E-state index in [9.17, 15) is 23.6 Å². The normalized spacial score (nSPS) is 40.3. The summed E-state index contributed by atoms with van der Waals surface area (Å²) in [6.45, 7) is 0.272. The Bertz CT molecular complexity index is 795. The van der Waals surface area contributed by atoms with E-state index in [1.54, 1.807) is 0 Å². The van der Waals surface area contributed by atoms with Crippen LogP contribution < -0.4 is 5.26 Å². The molecule has 6 aliphatic carbocycles. The summed E-state index contributed by atoms with van der Waals surface area (Å²) in [5, 5.41) is 8.72. The zero-order chi connectivity index (χ0) is 24.7. The van der Waals surface area contributed by atoms with Crippen LogP contribution in [0, 0.1) is 40.4 Å². The molecule has 4 bridgehead atoms. The molecule has 0 N–H and O–H groups in total. The summed E-state index contributed by atoms with van der Waals surface area (Å²) < 4.78 is 42.3. The van der Waals surface area contributed by atoms with E-state index in [1.807, 2.05) is 0 Å². The Balaban J connectivity index is 1.17. The molecule has 0 amide bonds. The number of halogens is 2. The van der Waals surface area contributed by atoms with Crippen LogP contribution in [-0.2, 0) is 28.4 Å². The molecule has 35 heavy (non-hydrogen) atoms. The van der Waals surface area contributed by atoms with Gasteiger partial charge in [0.05, 0.1) is 19.1 Å². The highest BCUT2D eigenvalue weighted by Gasteiger charge is 2.59. The van der Waals surface area contributed by atoms with Gasteiger partial charge in [0, 0.05) is 10.8 Å². The van der Waals surface area contributed by atoms with Crippen molar-refractivity contribution in [2.75, 3.05) is 13.2 Å². The number of carbonyl (C=O) groups excluding carboxylic acids is 2. The second-order valence-corrected chi connectivity index (χ2v) is 13.0. The minimum absolute atomic E-state index is 0.00164. The third-order valence-corrected chi connectivity index (χ3v) is 10.1. The van der Waals surface area contributed by atoms with E-state index in [-0.39, 0.29) is 29.3 Å². The van der Waals surface area contributed by atoms with Gasteiger partial charge >= 0.3 is 17.2 Å². The molecule has 0 aromatic carbocycles. The fourth-order valence-electron chi connectivity index (χ4n) is 8.81. The minimum Gasteiger partial charge on any atom is -0.691 e. The highest BCUT2D eigenvalue weighted by atomic mass is 32.2. The summed E-state index contributed by atoms with van der Waals surface area (Å²) in [5.41, 5.74) is -0.534. The number of fused-ring (bicyclic) bond motifs is 1. The van der Waals surface area contributed by atoms with Crippen molar-refractivity contribution in [2.24, 2.45) is 40.4 Å². The molecule has 0 aromatic rings. The molecule has 198 valence electrons. The van der Waals surface area contributed by atoms with Crippen LogP contribution in [0.1, 0.15) is 83.5 Å². The molecule has 6 saturated carbocycles. The lowest BCUT2D eigenvalue weighted by atomic mass is 9.44. The van der Waals surface area contributed by atoms with E-state index in [0.29, 0.717) is 30.8 Å². The second kappa shape index (κ2) is 10.1. The quantitative estimate of drug-likeness (QED) is 0.188. The van der Waals surface area contributed by atoms with Gasteiger partial charge in [0.1, 0.15) is 12.0 Å². The van der Waals surface area contributed by atoms with Crippen LogP contribution in [-0.4, -0.2) is 30.4 Å². The monoisotopic (exact) mass is 517 g/mol. The lowest BCUT2D eigenvalue weighted by molar-refractivity contribution is -0.777. The SMILES string of the molecule is O=C(OCC12CC3CC(C1)CC(COC(=O)C(F)(F)SOO[O-])(C3)C2)C1CCC2CCCCC2C1. The molecular weight excluding hydrogens is 482 g/mol. The zero-order valence-corrected chi connectivity index (χ0v) is 20.8. The minimum atomic E-state index is -4.03. The van der Waals surface area contributed by atoms with Gasteiger partial charge in [-0.1, -0.05) is 25.7 Å². The van der Waals surface area contributed by atoms with Crippen LogP contribution in [0.2, 0.25) is 0 Å². The molecule has 0 heterocycles. The van der Waals surface area contributed by atoms with Gasteiger partial charge in [0.2, 0.25) is 0 Å². The van der Waals surface area contributed by atoms with E-state index >= 15 is 0 Å². The Morgan fingerprint density at radius 1 is 0.886 bits per heavy atom. The van der Waals surface area contributed by atoms with E-state index in [2.05, 4.69) is 9.37 Å². The molecule has 0 saturated heterocycles. The molecule has 0 spiro atoms. The van der Waals surface area contributed by atoms with Crippen molar-refractivity contribution in [2.45, 2.75) is 88.7 Å². The number of hydrogen-bond donors (Lipinski definition) is 0. The van der Waals surface area contributed by atoms with Crippen LogP contribution >= 0.6 is 12.0 Å². The van der Waals surface area contributed by atoms with Gasteiger partial charge in [-0.25, -0.2) is 4.79 Å². The third-order valence-electron chi connectivity index (χ3n) is 9.61. The van der Waals surface area contributed by atoms with Crippen molar-refractivity contribution in [3.63, 3.8) is 0 Å². The van der Waals surface area contributed by atoms with Gasteiger partial charge in [-0.15, -0.1) is 0 Å². The Labute approximate surface area is 209 Å². The zero-order valence-electron chi connectivity index (χ0n) is 20.0. The van der Waals surface area contributed by atoms with Crippen molar-refractivity contribution in [3.05, 3.63) is 0 Å². The van der Waals surface area contributed by atoms with Crippen LogP contribution in [0.4, 0.5) is 8.78 Å². The molecule has 6 fully saturated rings. The maximum Gasteiger partial charge on any atom is 0.415 e. The summed E-state index contributed by atoms with van der Waals surface area (Å²) in [6, 6.07) is 0. The Morgan fingerprint density at radius 2 is 1.51 bits per heavy atom. The predicted molar refractivity (Wildman–Crippen MR) is 119 cm³/mol. The summed E-state index contributed by atoms with van der Waals surface area (Å²) >= 11 is -0.665. The molecule has 0 aromatic heterocycles. The topological polar surface area (TPSA) is 94.1 Å². The predicted octanol–water partition coefficient (Wildman–Crippen LogP) is 4.73. The molecule has 0 radical (unpaired) electrons. The van der Waals surface area contributed by atoms with Gasteiger partial charge in [-0.2, -0.15) is 13.1 Å². The third kappa shape index (κ3) is 5.50. The van der Waals surface area contributed by atoms with E-state index < -0.39 is 23.3 Å². The van der Waals surface area contributed by atoms with E-state index in [1.165, 1.54) is 25.7 Å². The van der Waals surface area contributed by atoms with E-state index in [0.717, 1.165) is 57.3 Å². The molecule has 5 atom stereocenters. The van der Waals surface area contributed by atoms with Crippen molar-refractivity contribution in [1.29, 1.82) is 0 Å². The van der Waals surface area contributed by atoms with Crippen LogP contribution in [0.3, 0.4) is 0 Å². The smallest absolute Gasteiger partial charge is 0.415 e. The number of alkyl halides is 2. The van der Waals surface area contributed by atoms with Gasteiger partial charge in [-0.05, 0) is 81.5 Å². The summed E-state index contributed by atoms with van der Waals surface area (Å²) in [5.74, 6) is 0.491.